The van der Waals surface area contributed by atoms with E-state index < -0.39 is 21.8 Å². The number of carbonyl (C=O) groups excluding carboxylic acids is 2. The Hall–Kier alpha value is -3.92. The van der Waals surface area contributed by atoms with Crippen LogP contribution in [-0.2, 0) is 19.6 Å². The van der Waals surface area contributed by atoms with Crippen molar-refractivity contribution in [1.82, 2.24) is 9.97 Å². The second-order valence-corrected chi connectivity index (χ2v) is 8.89. The maximum Gasteiger partial charge on any atom is 0.284 e. The standard InChI is InChI=1S/C22H19N5O4S/c1-13-12-14(2)24-22(23-13)26-32(30,31)17-10-8-16(9-11-17)25-20-18-6-4-5-7-19(18)27(15(3)28)21(20)29/h4-12H,1-3H3,(H,23,24,26). The number of nitrogens with one attached hydrogen (secondary N) is 1. The van der Waals surface area contributed by atoms with Crippen LogP contribution >= 0.6 is 0 Å². The minimum absolute atomic E-state index is 0.00674. The van der Waals surface area contributed by atoms with E-state index in [0.29, 0.717) is 28.3 Å². The van der Waals surface area contributed by atoms with Crippen molar-refractivity contribution in [3.63, 3.8) is 0 Å². The second-order valence-electron chi connectivity index (χ2n) is 7.21. The summed E-state index contributed by atoms with van der Waals surface area (Å²) in [5, 5.41) is 0. The molecule has 0 spiro atoms. The molecule has 1 N–H and O–H groups in total. The number of sulfonamides is 1. The lowest BCUT2D eigenvalue weighted by Crippen LogP contribution is -2.34. The number of hydrogen-bond acceptors (Lipinski definition) is 7. The van der Waals surface area contributed by atoms with Crippen LogP contribution in [0.4, 0.5) is 17.3 Å². The number of aromatic nitrogens is 2. The minimum Gasteiger partial charge on any atom is -0.274 e. The summed E-state index contributed by atoms with van der Waals surface area (Å²) in [5.74, 6) is -0.942. The first-order valence-corrected chi connectivity index (χ1v) is 11.1. The Balaban J connectivity index is 1.64. The third-order valence-electron chi connectivity index (χ3n) is 4.72. The molecule has 0 aliphatic carbocycles. The number of aryl methyl sites for hydroxylation is 2. The van der Waals surface area contributed by atoms with Gasteiger partial charge in [0, 0.05) is 23.9 Å². The van der Waals surface area contributed by atoms with Crippen LogP contribution in [0.25, 0.3) is 0 Å². The average Bonchev–Trinajstić information content (AvgIpc) is 2.99. The maximum atomic E-state index is 12.7. The Morgan fingerprint density at radius 2 is 1.62 bits per heavy atom. The molecule has 2 aromatic carbocycles. The predicted molar refractivity (Wildman–Crippen MR) is 120 cm³/mol. The number of para-hydroxylation sites is 1. The number of nitrogens with zero attached hydrogens (tertiary/aromatic N) is 4. The minimum atomic E-state index is -3.91. The van der Waals surface area contributed by atoms with Crippen LogP contribution in [0.2, 0.25) is 0 Å². The molecule has 0 fully saturated rings. The molecule has 10 heteroatoms. The Kier molecular flexibility index (Phi) is 5.31. The summed E-state index contributed by atoms with van der Waals surface area (Å²) in [4.78, 5) is 38.3. The van der Waals surface area contributed by atoms with Gasteiger partial charge in [-0.2, -0.15) is 0 Å². The number of hydrogen-bond donors (Lipinski definition) is 1. The van der Waals surface area contributed by atoms with E-state index in [4.69, 9.17) is 0 Å². The summed E-state index contributed by atoms with van der Waals surface area (Å²) in [5.41, 5.74) is 2.78. The van der Waals surface area contributed by atoms with Gasteiger partial charge in [-0.3, -0.25) is 9.59 Å². The third-order valence-corrected chi connectivity index (χ3v) is 6.06. The highest BCUT2D eigenvalue weighted by atomic mass is 32.2. The second kappa shape index (κ2) is 7.97. The van der Waals surface area contributed by atoms with Crippen molar-refractivity contribution < 1.29 is 18.0 Å². The van der Waals surface area contributed by atoms with Gasteiger partial charge in [-0.25, -0.2) is 33.0 Å². The maximum absolute atomic E-state index is 12.7. The largest absolute Gasteiger partial charge is 0.284 e. The van der Waals surface area contributed by atoms with Crippen LogP contribution in [0, 0.1) is 13.8 Å². The molecule has 2 amide bonds. The van der Waals surface area contributed by atoms with Gasteiger partial charge < -0.3 is 0 Å². The normalized spacial score (nSPS) is 14.5. The number of benzene rings is 2. The van der Waals surface area contributed by atoms with Gasteiger partial charge in [0.15, 0.2) is 0 Å². The Morgan fingerprint density at radius 3 is 2.25 bits per heavy atom. The molecule has 1 aliphatic rings. The van der Waals surface area contributed by atoms with E-state index in [1.165, 1.54) is 31.2 Å². The van der Waals surface area contributed by atoms with E-state index in [2.05, 4.69) is 19.7 Å². The number of fused-ring (bicyclic) bond motifs is 1. The summed E-state index contributed by atoms with van der Waals surface area (Å²) >= 11 is 0. The Labute approximate surface area is 184 Å². The number of amides is 2. The van der Waals surface area contributed by atoms with Crippen LogP contribution in [0.1, 0.15) is 23.9 Å². The summed E-state index contributed by atoms with van der Waals surface area (Å²) in [6, 6.07) is 14.3. The molecule has 9 nitrogen and oxygen atoms in total. The Morgan fingerprint density at radius 1 is 1.00 bits per heavy atom. The van der Waals surface area contributed by atoms with Gasteiger partial charge in [0.05, 0.1) is 16.3 Å². The third kappa shape index (κ3) is 4.00. The average molecular weight is 449 g/mol. The zero-order valence-electron chi connectivity index (χ0n) is 17.5. The van der Waals surface area contributed by atoms with Gasteiger partial charge in [-0.05, 0) is 50.2 Å². The van der Waals surface area contributed by atoms with Crippen LogP contribution in [0.3, 0.4) is 0 Å². The zero-order valence-corrected chi connectivity index (χ0v) is 18.3. The van der Waals surface area contributed by atoms with Crippen LogP contribution in [-0.4, -0.2) is 35.9 Å². The fraction of sp³-hybridized carbons (Fsp3) is 0.136. The van der Waals surface area contributed by atoms with Crippen molar-refractivity contribution in [2.45, 2.75) is 25.7 Å². The van der Waals surface area contributed by atoms with Gasteiger partial charge in [0.1, 0.15) is 5.71 Å². The van der Waals surface area contributed by atoms with Gasteiger partial charge in [0.2, 0.25) is 11.9 Å². The molecular weight excluding hydrogens is 430 g/mol. The van der Waals surface area contributed by atoms with E-state index >= 15 is 0 Å². The molecule has 0 radical (unpaired) electrons. The van der Waals surface area contributed by atoms with E-state index in [1.807, 2.05) is 0 Å². The first-order chi connectivity index (χ1) is 15.2. The lowest BCUT2D eigenvalue weighted by Gasteiger charge is -2.11. The number of carbonyl (C=O) groups is 2. The number of aliphatic imine (C=N–C) groups is 1. The fourth-order valence-corrected chi connectivity index (χ4v) is 4.34. The lowest BCUT2D eigenvalue weighted by molar-refractivity contribution is -0.121. The van der Waals surface area contributed by atoms with Crippen molar-refractivity contribution in [1.29, 1.82) is 0 Å². The molecule has 0 saturated carbocycles. The van der Waals surface area contributed by atoms with Gasteiger partial charge >= 0.3 is 0 Å². The van der Waals surface area contributed by atoms with Crippen molar-refractivity contribution in [2.75, 3.05) is 9.62 Å². The quantitative estimate of drug-likeness (QED) is 0.654. The molecule has 0 bridgehead atoms. The summed E-state index contributed by atoms with van der Waals surface area (Å²) in [7, 11) is -3.91. The Bertz CT molecular complexity index is 1360. The van der Waals surface area contributed by atoms with Crippen molar-refractivity contribution in [2.24, 2.45) is 4.99 Å². The zero-order chi connectivity index (χ0) is 23.0. The summed E-state index contributed by atoms with van der Waals surface area (Å²) in [6.45, 7) is 4.80. The van der Waals surface area contributed by atoms with Crippen LogP contribution < -0.4 is 9.62 Å². The van der Waals surface area contributed by atoms with Gasteiger partial charge in [-0.1, -0.05) is 18.2 Å². The SMILES string of the molecule is CC(=O)N1C(=O)C(=Nc2ccc(S(=O)(=O)Nc3nc(C)cc(C)n3)cc2)c2ccccc21. The summed E-state index contributed by atoms with van der Waals surface area (Å²) in [6.07, 6.45) is 0. The molecule has 1 aromatic heterocycles. The highest BCUT2D eigenvalue weighted by Crippen LogP contribution is 2.31. The van der Waals surface area contributed by atoms with E-state index in [0.717, 1.165) is 4.90 Å². The van der Waals surface area contributed by atoms with E-state index in [-0.39, 0.29) is 16.6 Å². The molecule has 3 aromatic rings. The number of imide groups is 1. The highest BCUT2D eigenvalue weighted by molar-refractivity contribution is 7.92. The molecule has 1 aliphatic heterocycles. The first kappa shape index (κ1) is 21.3. The van der Waals surface area contributed by atoms with E-state index in [1.54, 1.807) is 44.2 Å². The smallest absolute Gasteiger partial charge is 0.274 e. The molecule has 162 valence electrons. The first-order valence-electron chi connectivity index (χ1n) is 9.64. The molecule has 4 rings (SSSR count). The highest BCUT2D eigenvalue weighted by Gasteiger charge is 2.36. The van der Waals surface area contributed by atoms with E-state index in [9.17, 15) is 18.0 Å². The monoisotopic (exact) mass is 449 g/mol. The number of rotatable bonds is 4. The molecule has 0 unspecified atom stereocenters. The topological polar surface area (TPSA) is 122 Å². The molecule has 0 saturated heterocycles. The molecule has 0 atom stereocenters. The predicted octanol–water partition coefficient (Wildman–Crippen LogP) is 2.91. The van der Waals surface area contributed by atoms with Crippen molar-refractivity contribution >= 4 is 44.9 Å². The molecule has 32 heavy (non-hydrogen) atoms. The van der Waals surface area contributed by atoms with Gasteiger partial charge in [-0.15, -0.1) is 0 Å². The number of anilines is 2. The van der Waals surface area contributed by atoms with Crippen LogP contribution in [0.5, 0.6) is 0 Å². The fourth-order valence-electron chi connectivity index (χ4n) is 3.40. The lowest BCUT2D eigenvalue weighted by atomic mass is 10.1. The van der Waals surface area contributed by atoms with Gasteiger partial charge in [0.25, 0.3) is 15.9 Å². The molecular formula is C22H19N5O4S. The van der Waals surface area contributed by atoms with Crippen LogP contribution in [0.15, 0.2) is 64.5 Å². The summed E-state index contributed by atoms with van der Waals surface area (Å²) < 4.78 is 27.7. The molecule has 2 heterocycles. The van der Waals surface area contributed by atoms with Crippen molar-refractivity contribution in [3.8, 4) is 0 Å². The van der Waals surface area contributed by atoms with Crippen molar-refractivity contribution in [3.05, 3.63) is 71.5 Å².